The largest absolute Gasteiger partial charge is 0.462 e. The minimum absolute atomic E-state index is 0.147. The zero-order valence-corrected chi connectivity index (χ0v) is 13.7. The summed E-state index contributed by atoms with van der Waals surface area (Å²) in [6.45, 7) is 0.101. The molecule has 25 heavy (non-hydrogen) atoms. The van der Waals surface area contributed by atoms with Crippen LogP contribution in [0.2, 0.25) is 0 Å². The number of nitrogens with zero attached hydrogens (tertiary/aromatic N) is 2. The van der Waals surface area contributed by atoms with E-state index in [-0.39, 0.29) is 25.0 Å². The average molecular weight is 342 g/mol. The van der Waals surface area contributed by atoms with Crippen LogP contribution in [0.25, 0.3) is 0 Å². The van der Waals surface area contributed by atoms with Gasteiger partial charge in [-0.05, 0) is 25.0 Å². The number of ether oxygens (including phenoxy) is 1. The summed E-state index contributed by atoms with van der Waals surface area (Å²) in [5.41, 5.74) is -0.295. The van der Waals surface area contributed by atoms with Gasteiger partial charge in [-0.15, -0.1) is 0 Å². The Morgan fingerprint density at radius 1 is 1.04 bits per heavy atom. The fourth-order valence-corrected chi connectivity index (χ4v) is 4.09. The molecule has 1 saturated carbocycles. The van der Waals surface area contributed by atoms with E-state index < -0.39 is 17.4 Å². The van der Waals surface area contributed by atoms with Gasteiger partial charge in [-0.25, -0.2) is 4.79 Å². The second kappa shape index (κ2) is 5.68. The Hall–Kier alpha value is -2.70. The second-order valence-electron chi connectivity index (χ2n) is 6.66. The molecule has 2 fully saturated rings. The molecule has 4 rings (SSSR count). The van der Waals surface area contributed by atoms with Gasteiger partial charge in [0.2, 0.25) is 5.91 Å². The highest BCUT2D eigenvalue weighted by Gasteiger charge is 2.52. The molecule has 1 aromatic rings. The number of imide groups is 1. The van der Waals surface area contributed by atoms with Crippen molar-refractivity contribution < 1.29 is 23.9 Å². The fourth-order valence-electron chi connectivity index (χ4n) is 4.09. The Morgan fingerprint density at radius 2 is 1.64 bits per heavy atom. The van der Waals surface area contributed by atoms with Gasteiger partial charge in [0.15, 0.2) is 0 Å². The second-order valence-corrected chi connectivity index (χ2v) is 6.66. The topological polar surface area (TPSA) is 84.0 Å². The molecule has 1 aromatic carbocycles. The number of benzene rings is 1. The van der Waals surface area contributed by atoms with Crippen LogP contribution in [0.5, 0.6) is 0 Å². The molecule has 0 bridgehead atoms. The SMILES string of the molecule is O=C1c2ccccc2C(=O)N1CC(=O)N1CCOC(=O)C12CCCC2. The predicted molar refractivity (Wildman–Crippen MR) is 85.7 cm³/mol. The molecular weight excluding hydrogens is 324 g/mol. The highest BCUT2D eigenvalue weighted by atomic mass is 16.5. The minimum atomic E-state index is -0.923. The Balaban J connectivity index is 1.57. The Labute approximate surface area is 144 Å². The third-order valence-electron chi connectivity index (χ3n) is 5.35. The van der Waals surface area contributed by atoms with Crippen molar-refractivity contribution >= 4 is 23.7 Å². The number of carbonyl (C=O) groups excluding carboxylic acids is 4. The third-order valence-corrected chi connectivity index (χ3v) is 5.35. The lowest BCUT2D eigenvalue weighted by molar-refractivity contribution is -0.174. The molecule has 7 nitrogen and oxygen atoms in total. The zero-order chi connectivity index (χ0) is 17.6. The lowest BCUT2D eigenvalue weighted by Crippen LogP contribution is -2.62. The van der Waals surface area contributed by atoms with Crippen molar-refractivity contribution in [2.24, 2.45) is 0 Å². The first kappa shape index (κ1) is 15.8. The van der Waals surface area contributed by atoms with E-state index in [0.717, 1.165) is 17.7 Å². The van der Waals surface area contributed by atoms with Crippen LogP contribution >= 0.6 is 0 Å². The van der Waals surface area contributed by atoms with E-state index >= 15 is 0 Å². The molecule has 1 saturated heterocycles. The van der Waals surface area contributed by atoms with Crippen LogP contribution in [-0.4, -0.2) is 58.7 Å². The lowest BCUT2D eigenvalue weighted by Gasteiger charge is -2.42. The molecule has 0 atom stereocenters. The normalized spacial score (nSPS) is 21.7. The predicted octanol–water partition coefficient (Wildman–Crippen LogP) is 0.981. The smallest absolute Gasteiger partial charge is 0.332 e. The number of hydrogen-bond acceptors (Lipinski definition) is 5. The van der Waals surface area contributed by atoms with Crippen molar-refractivity contribution in [3.63, 3.8) is 0 Å². The van der Waals surface area contributed by atoms with Crippen LogP contribution in [0.15, 0.2) is 24.3 Å². The Bertz CT molecular complexity index is 746. The van der Waals surface area contributed by atoms with Gasteiger partial charge in [-0.2, -0.15) is 0 Å². The van der Waals surface area contributed by atoms with Gasteiger partial charge in [0.25, 0.3) is 11.8 Å². The van der Waals surface area contributed by atoms with E-state index in [1.807, 2.05) is 0 Å². The number of carbonyl (C=O) groups is 4. The summed E-state index contributed by atoms with van der Waals surface area (Å²) in [6, 6.07) is 6.53. The molecule has 1 aliphatic carbocycles. The molecule has 0 radical (unpaired) electrons. The number of esters is 1. The Morgan fingerprint density at radius 3 is 2.24 bits per heavy atom. The summed E-state index contributed by atoms with van der Waals surface area (Å²) in [5, 5.41) is 0. The Kier molecular flexibility index (Phi) is 3.59. The van der Waals surface area contributed by atoms with Crippen molar-refractivity contribution in [2.75, 3.05) is 19.7 Å². The number of cyclic esters (lactones) is 1. The van der Waals surface area contributed by atoms with Gasteiger partial charge in [0.1, 0.15) is 18.7 Å². The fraction of sp³-hybridized carbons (Fsp3) is 0.444. The van der Waals surface area contributed by atoms with Crippen LogP contribution in [-0.2, 0) is 14.3 Å². The van der Waals surface area contributed by atoms with Crippen LogP contribution in [0, 0.1) is 0 Å². The molecular formula is C18H18N2O5. The summed E-state index contributed by atoms with van der Waals surface area (Å²) in [4.78, 5) is 52.6. The van der Waals surface area contributed by atoms with Crippen molar-refractivity contribution in [2.45, 2.75) is 31.2 Å². The van der Waals surface area contributed by atoms with E-state index in [9.17, 15) is 19.2 Å². The van der Waals surface area contributed by atoms with E-state index in [2.05, 4.69) is 0 Å². The number of fused-ring (bicyclic) bond motifs is 1. The van der Waals surface area contributed by atoms with E-state index in [1.54, 1.807) is 24.3 Å². The molecule has 0 N–H and O–H groups in total. The first-order valence-corrected chi connectivity index (χ1v) is 8.47. The summed E-state index contributed by atoms with van der Waals surface area (Å²) < 4.78 is 5.18. The van der Waals surface area contributed by atoms with Crippen molar-refractivity contribution in [1.82, 2.24) is 9.80 Å². The first-order valence-electron chi connectivity index (χ1n) is 8.47. The van der Waals surface area contributed by atoms with Gasteiger partial charge in [0, 0.05) is 0 Å². The van der Waals surface area contributed by atoms with Crippen LogP contribution in [0.3, 0.4) is 0 Å². The van der Waals surface area contributed by atoms with Gasteiger partial charge >= 0.3 is 5.97 Å². The molecule has 130 valence electrons. The summed E-state index contributed by atoms with van der Waals surface area (Å²) >= 11 is 0. The van der Waals surface area contributed by atoms with Crippen molar-refractivity contribution in [1.29, 1.82) is 0 Å². The number of rotatable bonds is 2. The van der Waals surface area contributed by atoms with Crippen LogP contribution in [0.4, 0.5) is 0 Å². The monoisotopic (exact) mass is 342 g/mol. The third kappa shape index (κ3) is 2.26. The molecule has 3 aliphatic rings. The van der Waals surface area contributed by atoms with Crippen LogP contribution in [0.1, 0.15) is 46.4 Å². The maximum Gasteiger partial charge on any atom is 0.332 e. The number of amides is 3. The molecule has 3 amide bonds. The molecule has 0 aromatic heterocycles. The molecule has 7 heteroatoms. The number of morpholine rings is 1. The van der Waals surface area contributed by atoms with Crippen molar-refractivity contribution in [3.8, 4) is 0 Å². The molecule has 2 heterocycles. The van der Waals surface area contributed by atoms with Gasteiger partial charge in [-0.3, -0.25) is 19.3 Å². The highest BCUT2D eigenvalue weighted by Crippen LogP contribution is 2.38. The highest BCUT2D eigenvalue weighted by molar-refractivity contribution is 6.22. The zero-order valence-electron chi connectivity index (χ0n) is 13.7. The van der Waals surface area contributed by atoms with E-state index in [4.69, 9.17) is 4.74 Å². The molecule has 1 spiro atoms. The van der Waals surface area contributed by atoms with Gasteiger partial charge in [0.05, 0.1) is 17.7 Å². The lowest BCUT2D eigenvalue weighted by atomic mass is 9.93. The summed E-state index contributed by atoms with van der Waals surface area (Å²) in [6.07, 6.45) is 2.84. The van der Waals surface area contributed by atoms with Crippen molar-refractivity contribution in [3.05, 3.63) is 35.4 Å². The maximum atomic E-state index is 12.9. The minimum Gasteiger partial charge on any atom is -0.462 e. The maximum absolute atomic E-state index is 12.9. The average Bonchev–Trinajstić information content (AvgIpc) is 3.19. The first-order chi connectivity index (χ1) is 12.0. The van der Waals surface area contributed by atoms with Crippen LogP contribution < -0.4 is 0 Å². The summed E-state index contributed by atoms with van der Waals surface area (Å²) in [5.74, 6) is -1.68. The summed E-state index contributed by atoms with van der Waals surface area (Å²) in [7, 11) is 0. The molecule has 0 unspecified atom stereocenters. The van der Waals surface area contributed by atoms with Gasteiger partial charge in [-0.1, -0.05) is 25.0 Å². The quantitative estimate of drug-likeness (QED) is 0.591. The van der Waals surface area contributed by atoms with E-state index in [0.29, 0.717) is 30.5 Å². The van der Waals surface area contributed by atoms with Gasteiger partial charge < -0.3 is 9.64 Å². The molecule has 2 aliphatic heterocycles. The standard InChI is InChI=1S/C18H18N2O5/c21-14(20-9-10-25-17(24)18(20)7-3-4-8-18)11-19-15(22)12-5-1-2-6-13(12)16(19)23/h1-2,5-6H,3-4,7-11H2. The van der Waals surface area contributed by atoms with E-state index in [1.165, 1.54) is 4.90 Å². The number of hydrogen-bond donors (Lipinski definition) is 0.